The highest BCUT2D eigenvalue weighted by Gasteiger charge is 2.31. The molecule has 5 nitrogen and oxygen atoms in total. The molecule has 1 aromatic rings. The second-order valence-corrected chi connectivity index (χ2v) is 9.76. The molecule has 0 bridgehead atoms. The number of benzene rings is 1. The fourth-order valence-corrected chi connectivity index (χ4v) is 4.91. The molecule has 1 fully saturated rings. The number of amides is 1. The summed E-state index contributed by atoms with van der Waals surface area (Å²) < 4.78 is 27.4. The number of sulfonamides is 1. The molecule has 1 aliphatic heterocycles. The Morgan fingerprint density at radius 1 is 1.40 bits per heavy atom. The quantitative estimate of drug-likeness (QED) is 0.839. The van der Waals surface area contributed by atoms with E-state index >= 15 is 0 Å². The van der Waals surface area contributed by atoms with Crippen molar-refractivity contribution in [1.29, 1.82) is 0 Å². The Bertz CT molecular complexity index is 747. The first-order valence-electron chi connectivity index (χ1n) is 8.69. The van der Waals surface area contributed by atoms with Gasteiger partial charge in [-0.2, -0.15) is 4.31 Å². The van der Waals surface area contributed by atoms with E-state index in [1.807, 2.05) is 27.7 Å². The molecule has 1 aliphatic rings. The molecule has 1 saturated heterocycles. The van der Waals surface area contributed by atoms with Crippen molar-refractivity contribution in [2.75, 3.05) is 13.1 Å². The van der Waals surface area contributed by atoms with Crippen molar-refractivity contribution < 1.29 is 13.2 Å². The van der Waals surface area contributed by atoms with Crippen LogP contribution >= 0.6 is 11.6 Å². The highest BCUT2D eigenvalue weighted by molar-refractivity contribution is 7.89. The van der Waals surface area contributed by atoms with Crippen LogP contribution in [0.25, 0.3) is 0 Å². The second kappa shape index (κ2) is 7.64. The van der Waals surface area contributed by atoms with Crippen LogP contribution in [0.3, 0.4) is 0 Å². The summed E-state index contributed by atoms with van der Waals surface area (Å²) in [4.78, 5) is 12.5. The minimum absolute atomic E-state index is 0.00483. The monoisotopic (exact) mass is 386 g/mol. The summed E-state index contributed by atoms with van der Waals surface area (Å²) in [6.07, 6.45) is 2.63. The fraction of sp³-hybridized carbons (Fsp3) is 0.611. The molecular formula is C18H27ClN2O3S. The van der Waals surface area contributed by atoms with Gasteiger partial charge in [0.2, 0.25) is 10.0 Å². The molecule has 0 aromatic heterocycles. The van der Waals surface area contributed by atoms with Gasteiger partial charge < -0.3 is 5.32 Å². The van der Waals surface area contributed by atoms with Gasteiger partial charge >= 0.3 is 0 Å². The third-order valence-corrected chi connectivity index (χ3v) is 7.11. The lowest BCUT2D eigenvalue weighted by Crippen LogP contribution is -2.43. The van der Waals surface area contributed by atoms with Crippen molar-refractivity contribution in [2.45, 2.75) is 57.4 Å². The van der Waals surface area contributed by atoms with Crippen molar-refractivity contribution in [2.24, 2.45) is 5.92 Å². The van der Waals surface area contributed by atoms with Crippen molar-refractivity contribution in [3.8, 4) is 0 Å². The van der Waals surface area contributed by atoms with Crippen molar-refractivity contribution in [3.63, 3.8) is 0 Å². The molecule has 25 heavy (non-hydrogen) atoms. The maximum absolute atomic E-state index is 13.0. The van der Waals surface area contributed by atoms with Gasteiger partial charge in [-0.1, -0.05) is 25.4 Å². The van der Waals surface area contributed by atoms with Crippen LogP contribution in [0.1, 0.15) is 57.3 Å². The largest absolute Gasteiger partial charge is 0.347 e. The molecule has 2 rings (SSSR count). The number of nitrogens with zero attached hydrogens (tertiary/aromatic N) is 1. The average molecular weight is 387 g/mol. The van der Waals surface area contributed by atoms with Gasteiger partial charge in [-0.15, -0.1) is 0 Å². The van der Waals surface area contributed by atoms with Crippen LogP contribution in [0.2, 0.25) is 5.02 Å². The summed E-state index contributed by atoms with van der Waals surface area (Å²) in [5.74, 6) is 0.0196. The minimum Gasteiger partial charge on any atom is -0.347 e. The lowest BCUT2D eigenvalue weighted by atomic mass is 10.0. The Morgan fingerprint density at radius 2 is 2.08 bits per heavy atom. The number of halogens is 1. The molecule has 0 unspecified atom stereocenters. The van der Waals surface area contributed by atoms with E-state index in [-0.39, 0.29) is 21.4 Å². The third-order valence-electron chi connectivity index (χ3n) is 4.77. The lowest BCUT2D eigenvalue weighted by Gasteiger charge is -2.30. The van der Waals surface area contributed by atoms with Crippen molar-refractivity contribution in [1.82, 2.24) is 9.62 Å². The molecule has 0 radical (unpaired) electrons. The second-order valence-electron chi connectivity index (χ2n) is 7.45. The molecule has 1 amide bonds. The number of rotatable bonds is 5. The summed E-state index contributed by atoms with van der Waals surface area (Å²) in [7, 11) is -3.71. The molecule has 0 spiro atoms. The van der Waals surface area contributed by atoms with Crippen LogP contribution in [-0.2, 0) is 10.0 Å². The molecule has 1 heterocycles. The summed E-state index contributed by atoms with van der Waals surface area (Å²) in [6.45, 7) is 8.84. The zero-order chi connectivity index (χ0) is 18.8. The van der Waals surface area contributed by atoms with Crippen LogP contribution in [0, 0.1) is 5.92 Å². The molecule has 0 aliphatic carbocycles. The zero-order valence-electron chi connectivity index (χ0n) is 15.3. The molecule has 1 N–H and O–H groups in total. The first-order valence-corrected chi connectivity index (χ1v) is 10.5. The van der Waals surface area contributed by atoms with Crippen molar-refractivity contribution >= 4 is 27.5 Å². The standard InChI is InChI=1S/C18H27ClN2O3S/c1-5-18(3,4)20-17(22)14-8-9-15(19)16(11-14)25(23,24)21-10-6-7-13(2)12-21/h8-9,11,13H,5-7,10,12H2,1-4H3,(H,20,22)/t13-/m0/s1. The predicted octanol–water partition coefficient (Wildman–Crippen LogP) is 3.68. The normalized spacial score (nSPS) is 19.6. The van der Waals surface area contributed by atoms with Gasteiger partial charge in [-0.3, -0.25) is 4.79 Å². The number of hydrogen-bond acceptors (Lipinski definition) is 3. The number of hydrogen-bond donors (Lipinski definition) is 1. The highest BCUT2D eigenvalue weighted by Crippen LogP contribution is 2.29. The summed E-state index contributed by atoms with van der Waals surface area (Å²) >= 11 is 6.16. The minimum atomic E-state index is -3.71. The van der Waals surface area contributed by atoms with Gasteiger partial charge in [0.25, 0.3) is 5.91 Å². The van der Waals surface area contributed by atoms with Crippen LogP contribution in [0.4, 0.5) is 0 Å². The van der Waals surface area contributed by atoms with Crippen molar-refractivity contribution in [3.05, 3.63) is 28.8 Å². The van der Waals surface area contributed by atoms with E-state index in [1.54, 1.807) is 6.07 Å². The fourth-order valence-electron chi connectivity index (χ4n) is 2.81. The zero-order valence-corrected chi connectivity index (χ0v) is 16.9. The van der Waals surface area contributed by atoms with Gasteiger partial charge in [-0.25, -0.2) is 8.42 Å². The SMILES string of the molecule is CCC(C)(C)NC(=O)c1ccc(Cl)c(S(=O)(=O)N2CCC[C@H](C)C2)c1. The third kappa shape index (κ3) is 4.74. The van der Waals surface area contributed by atoms with Gasteiger partial charge in [0.15, 0.2) is 0 Å². The number of carbonyl (C=O) groups excluding carboxylic acids is 1. The molecule has 7 heteroatoms. The van der Waals surface area contributed by atoms with E-state index in [0.29, 0.717) is 24.6 Å². The molecular weight excluding hydrogens is 360 g/mol. The van der Waals surface area contributed by atoms with Gasteiger partial charge in [-0.05, 0) is 57.2 Å². The van der Waals surface area contributed by atoms with E-state index in [1.165, 1.54) is 16.4 Å². The van der Waals surface area contributed by atoms with E-state index in [0.717, 1.165) is 19.3 Å². The van der Waals surface area contributed by atoms with Gasteiger partial charge in [0.1, 0.15) is 4.90 Å². The maximum Gasteiger partial charge on any atom is 0.251 e. The lowest BCUT2D eigenvalue weighted by molar-refractivity contribution is 0.0911. The van der Waals surface area contributed by atoms with Gasteiger partial charge in [0.05, 0.1) is 5.02 Å². The Balaban J connectivity index is 2.34. The predicted molar refractivity (Wildman–Crippen MR) is 100 cm³/mol. The Labute approximate surface area is 155 Å². The van der Waals surface area contributed by atoms with Crippen LogP contribution in [0.15, 0.2) is 23.1 Å². The summed E-state index contributed by atoms with van der Waals surface area (Å²) in [6, 6.07) is 4.43. The van der Waals surface area contributed by atoms with Crippen LogP contribution in [0.5, 0.6) is 0 Å². The molecule has 140 valence electrons. The Kier molecular flexibility index (Phi) is 6.17. The Morgan fingerprint density at radius 3 is 2.68 bits per heavy atom. The number of nitrogens with one attached hydrogen (secondary N) is 1. The van der Waals surface area contributed by atoms with E-state index in [9.17, 15) is 13.2 Å². The number of carbonyl (C=O) groups is 1. The first kappa shape index (κ1) is 20.2. The maximum atomic E-state index is 13.0. The van der Waals surface area contributed by atoms with E-state index in [4.69, 9.17) is 11.6 Å². The molecule has 1 aromatic carbocycles. The number of piperidine rings is 1. The summed E-state index contributed by atoms with van der Waals surface area (Å²) in [5.41, 5.74) is -0.0625. The first-order chi connectivity index (χ1) is 11.6. The van der Waals surface area contributed by atoms with E-state index < -0.39 is 10.0 Å². The smallest absolute Gasteiger partial charge is 0.251 e. The Hall–Kier alpha value is -1.11. The topological polar surface area (TPSA) is 66.5 Å². The summed E-state index contributed by atoms with van der Waals surface area (Å²) in [5, 5.41) is 3.06. The van der Waals surface area contributed by atoms with E-state index in [2.05, 4.69) is 5.32 Å². The molecule has 1 atom stereocenters. The average Bonchev–Trinajstić information content (AvgIpc) is 2.54. The molecule has 0 saturated carbocycles. The van der Waals surface area contributed by atoms with Crippen LogP contribution in [-0.4, -0.2) is 37.3 Å². The van der Waals surface area contributed by atoms with Crippen LogP contribution < -0.4 is 5.32 Å². The highest BCUT2D eigenvalue weighted by atomic mass is 35.5. The van der Waals surface area contributed by atoms with Gasteiger partial charge in [0, 0.05) is 24.2 Å².